The zero-order chi connectivity index (χ0) is 27.7. The summed E-state index contributed by atoms with van der Waals surface area (Å²) in [5.74, 6) is -0.585. The molecule has 0 spiro atoms. The topological polar surface area (TPSA) is 96.0 Å². The molecule has 0 aliphatic carbocycles. The van der Waals surface area contributed by atoms with Crippen molar-refractivity contribution >= 4 is 39.1 Å². The molecule has 3 aromatic rings. The fourth-order valence-electron chi connectivity index (χ4n) is 4.09. The quantitative estimate of drug-likeness (QED) is 0.364. The van der Waals surface area contributed by atoms with Crippen molar-refractivity contribution < 1.29 is 22.7 Å². The number of rotatable bonds is 12. The summed E-state index contributed by atoms with van der Waals surface area (Å²) in [6.07, 6.45) is 1.27. The zero-order valence-corrected chi connectivity index (χ0v) is 23.2. The third-order valence-electron chi connectivity index (χ3n) is 5.87. The number of sulfonamides is 1. The van der Waals surface area contributed by atoms with E-state index in [0.717, 1.165) is 16.1 Å². The molecule has 0 aromatic heterocycles. The van der Waals surface area contributed by atoms with Crippen molar-refractivity contribution in [2.45, 2.75) is 25.9 Å². The van der Waals surface area contributed by atoms with Gasteiger partial charge in [0.05, 0.1) is 18.6 Å². The van der Waals surface area contributed by atoms with Crippen LogP contribution in [0.2, 0.25) is 5.02 Å². The standard InChI is InChI=1S/C28H32ClN3O5S/c1-4-37-26-16-9-8-15-24(26)32(38(3,35)36)20-27(33)31(19-22-13-10-14-23(29)17-22)25(28(34)30-2)18-21-11-6-5-7-12-21/h5-17,25H,4,18-20H2,1-3H3,(H,30,34). The van der Waals surface area contributed by atoms with Crippen LogP contribution in [0.1, 0.15) is 18.1 Å². The van der Waals surface area contributed by atoms with Crippen LogP contribution in [-0.2, 0) is 32.6 Å². The number of ether oxygens (including phenoxy) is 1. The van der Waals surface area contributed by atoms with Gasteiger partial charge >= 0.3 is 0 Å². The number of hydrogen-bond acceptors (Lipinski definition) is 5. The first kappa shape index (κ1) is 29.0. The SMILES string of the molecule is CCOc1ccccc1N(CC(=O)N(Cc1cccc(Cl)c1)C(Cc1ccccc1)C(=O)NC)S(C)(=O)=O. The fraction of sp³-hybridized carbons (Fsp3) is 0.286. The molecule has 8 nitrogen and oxygen atoms in total. The third-order valence-corrected chi connectivity index (χ3v) is 7.23. The van der Waals surface area contributed by atoms with Gasteiger partial charge < -0.3 is 15.0 Å². The van der Waals surface area contributed by atoms with Crippen LogP contribution in [0.15, 0.2) is 78.9 Å². The predicted octanol–water partition coefficient (Wildman–Crippen LogP) is 3.89. The minimum Gasteiger partial charge on any atom is -0.492 e. The summed E-state index contributed by atoms with van der Waals surface area (Å²) >= 11 is 6.19. The molecule has 1 unspecified atom stereocenters. The zero-order valence-electron chi connectivity index (χ0n) is 21.6. The van der Waals surface area contributed by atoms with Crippen molar-refractivity contribution in [2.24, 2.45) is 0 Å². The van der Waals surface area contributed by atoms with Crippen LogP contribution in [0.4, 0.5) is 5.69 Å². The van der Waals surface area contributed by atoms with E-state index in [1.807, 2.05) is 30.3 Å². The lowest BCUT2D eigenvalue weighted by atomic mass is 10.0. The molecule has 0 aliphatic rings. The molecule has 202 valence electrons. The number of amides is 2. The average Bonchev–Trinajstić information content (AvgIpc) is 2.89. The van der Waals surface area contributed by atoms with Gasteiger partial charge in [-0.15, -0.1) is 0 Å². The van der Waals surface area contributed by atoms with Gasteiger partial charge in [0.25, 0.3) is 0 Å². The van der Waals surface area contributed by atoms with E-state index < -0.39 is 28.5 Å². The lowest BCUT2D eigenvalue weighted by Gasteiger charge is -2.33. The summed E-state index contributed by atoms with van der Waals surface area (Å²) in [6.45, 7) is 1.64. The molecule has 0 fully saturated rings. The van der Waals surface area contributed by atoms with E-state index in [9.17, 15) is 18.0 Å². The van der Waals surface area contributed by atoms with Gasteiger partial charge in [-0.05, 0) is 42.3 Å². The van der Waals surface area contributed by atoms with Crippen molar-refractivity contribution in [2.75, 3.05) is 30.8 Å². The van der Waals surface area contributed by atoms with Crippen LogP contribution in [0.3, 0.4) is 0 Å². The third kappa shape index (κ3) is 7.72. The maximum absolute atomic E-state index is 14.0. The van der Waals surface area contributed by atoms with Crippen LogP contribution in [-0.4, -0.2) is 57.6 Å². The van der Waals surface area contributed by atoms with Gasteiger partial charge in [-0.25, -0.2) is 8.42 Å². The highest BCUT2D eigenvalue weighted by Crippen LogP contribution is 2.30. The van der Waals surface area contributed by atoms with E-state index >= 15 is 0 Å². The van der Waals surface area contributed by atoms with E-state index in [2.05, 4.69) is 5.32 Å². The summed E-state index contributed by atoms with van der Waals surface area (Å²) in [6, 6.07) is 22.0. The number of anilines is 1. The molecule has 3 rings (SSSR count). The van der Waals surface area contributed by atoms with E-state index in [1.165, 1.54) is 11.9 Å². The highest BCUT2D eigenvalue weighted by atomic mass is 35.5. The molecule has 0 saturated carbocycles. The van der Waals surface area contributed by atoms with Gasteiger partial charge in [0.2, 0.25) is 21.8 Å². The van der Waals surface area contributed by atoms with Gasteiger partial charge in [-0.2, -0.15) is 0 Å². The molecule has 0 radical (unpaired) electrons. The second-order valence-corrected chi connectivity index (χ2v) is 11.0. The predicted molar refractivity (Wildman–Crippen MR) is 150 cm³/mol. The Morgan fingerprint density at radius 2 is 1.63 bits per heavy atom. The maximum Gasteiger partial charge on any atom is 0.244 e. The Balaban J connectivity index is 2.05. The number of nitrogens with zero attached hydrogens (tertiary/aromatic N) is 2. The normalized spacial score (nSPS) is 11.9. The number of carbonyl (C=O) groups is 2. The molecule has 2 amide bonds. The van der Waals surface area contributed by atoms with Crippen molar-refractivity contribution in [3.8, 4) is 5.75 Å². The van der Waals surface area contributed by atoms with Gasteiger partial charge in [-0.1, -0.05) is 66.2 Å². The highest BCUT2D eigenvalue weighted by Gasteiger charge is 2.33. The van der Waals surface area contributed by atoms with E-state index in [4.69, 9.17) is 16.3 Å². The first-order valence-corrected chi connectivity index (χ1v) is 14.4. The minimum atomic E-state index is -3.89. The van der Waals surface area contributed by atoms with Crippen LogP contribution >= 0.6 is 11.6 Å². The number of nitrogens with one attached hydrogen (secondary N) is 1. The largest absolute Gasteiger partial charge is 0.492 e. The maximum atomic E-state index is 14.0. The Kier molecular flexibility index (Phi) is 10.2. The van der Waals surface area contributed by atoms with Crippen LogP contribution in [0, 0.1) is 0 Å². The number of para-hydroxylation sites is 2. The molecule has 1 N–H and O–H groups in total. The van der Waals surface area contributed by atoms with E-state index in [-0.39, 0.29) is 24.6 Å². The van der Waals surface area contributed by atoms with Crippen molar-refractivity contribution in [1.29, 1.82) is 0 Å². The Bertz CT molecular complexity index is 1350. The summed E-state index contributed by atoms with van der Waals surface area (Å²) in [4.78, 5) is 28.5. The number of likely N-dealkylation sites (N-methyl/N-ethyl adjacent to an activating group) is 1. The monoisotopic (exact) mass is 557 g/mol. The van der Waals surface area contributed by atoms with Crippen LogP contribution in [0.25, 0.3) is 0 Å². The number of carbonyl (C=O) groups excluding carboxylic acids is 2. The molecule has 1 atom stereocenters. The van der Waals surface area contributed by atoms with Gasteiger partial charge in [0.15, 0.2) is 0 Å². The number of hydrogen-bond donors (Lipinski definition) is 1. The molecule has 0 saturated heterocycles. The van der Waals surface area contributed by atoms with Crippen molar-refractivity contribution in [3.63, 3.8) is 0 Å². The molecule has 10 heteroatoms. The second-order valence-electron chi connectivity index (χ2n) is 8.64. The summed E-state index contributed by atoms with van der Waals surface area (Å²) in [7, 11) is -2.39. The molecular formula is C28H32ClN3O5S. The summed E-state index contributed by atoms with van der Waals surface area (Å²) < 4.78 is 32.5. The molecule has 0 heterocycles. The van der Waals surface area contributed by atoms with Gasteiger partial charge in [0, 0.05) is 25.0 Å². The lowest BCUT2D eigenvalue weighted by Crippen LogP contribution is -2.52. The highest BCUT2D eigenvalue weighted by molar-refractivity contribution is 7.92. The van der Waals surface area contributed by atoms with Crippen molar-refractivity contribution in [3.05, 3.63) is 95.0 Å². The molecular weight excluding hydrogens is 526 g/mol. The molecule has 38 heavy (non-hydrogen) atoms. The first-order chi connectivity index (χ1) is 18.1. The Hall–Kier alpha value is -3.56. The molecule has 3 aromatic carbocycles. The fourth-order valence-corrected chi connectivity index (χ4v) is 5.15. The first-order valence-electron chi connectivity index (χ1n) is 12.1. The van der Waals surface area contributed by atoms with Crippen molar-refractivity contribution in [1.82, 2.24) is 10.2 Å². The van der Waals surface area contributed by atoms with Crippen LogP contribution in [0.5, 0.6) is 5.75 Å². The Labute approximate surface area is 229 Å². The Morgan fingerprint density at radius 1 is 0.974 bits per heavy atom. The van der Waals surface area contributed by atoms with Gasteiger partial charge in [0.1, 0.15) is 18.3 Å². The minimum absolute atomic E-state index is 0.0506. The number of benzene rings is 3. The molecule has 0 aliphatic heterocycles. The second kappa shape index (κ2) is 13.3. The number of halogens is 1. The van der Waals surface area contributed by atoms with E-state index in [1.54, 1.807) is 55.5 Å². The van der Waals surface area contributed by atoms with E-state index in [0.29, 0.717) is 22.9 Å². The summed E-state index contributed by atoms with van der Waals surface area (Å²) in [5, 5.41) is 3.13. The molecule has 0 bridgehead atoms. The Morgan fingerprint density at radius 3 is 2.26 bits per heavy atom. The lowest BCUT2D eigenvalue weighted by molar-refractivity contribution is -0.139. The summed E-state index contributed by atoms with van der Waals surface area (Å²) in [5.41, 5.74) is 1.80. The smallest absolute Gasteiger partial charge is 0.244 e. The van der Waals surface area contributed by atoms with Crippen LogP contribution < -0.4 is 14.4 Å². The average molecular weight is 558 g/mol. The van der Waals surface area contributed by atoms with Gasteiger partial charge in [-0.3, -0.25) is 13.9 Å².